The maximum absolute atomic E-state index is 12.9. The zero-order valence-corrected chi connectivity index (χ0v) is 8.03. The van der Waals surface area contributed by atoms with Crippen molar-refractivity contribution in [3.05, 3.63) is 23.6 Å². The zero-order valence-electron chi connectivity index (χ0n) is 8.03. The van der Waals surface area contributed by atoms with Crippen molar-refractivity contribution < 1.29 is 17.6 Å². The van der Waals surface area contributed by atoms with E-state index in [1.54, 1.807) is 13.8 Å². The molecule has 0 bridgehead atoms. The lowest BCUT2D eigenvalue weighted by Crippen LogP contribution is -2.26. The van der Waals surface area contributed by atoms with Gasteiger partial charge in [-0.05, 0) is 18.4 Å². The van der Waals surface area contributed by atoms with E-state index in [1.165, 1.54) is 6.08 Å². The van der Waals surface area contributed by atoms with E-state index < -0.39 is 17.9 Å². The molecule has 1 aliphatic carbocycles. The van der Waals surface area contributed by atoms with Gasteiger partial charge in [-0.25, -0.2) is 4.39 Å². The molecule has 0 nitrogen and oxygen atoms in total. The Bertz CT molecular complexity index is 270. The molecule has 0 fully saturated rings. The Kier molecular flexibility index (Phi) is 3.02. The van der Waals surface area contributed by atoms with Crippen molar-refractivity contribution in [2.75, 3.05) is 0 Å². The molecule has 0 N–H and O–H groups in total. The van der Waals surface area contributed by atoms with Gasteiger partial charge in [-0.1, -0.05) is 25.5 Å². The first-order chi connectivity index (χ1) is 6.32. The minimum atomic E-state index is -4.48. The summed E-state index contributed by atoms with van der Waals surface area (Å²) >= 11 is 0. The summed E-state index contributed by atoms with van der Waals surface area (Å²) in [4.78, 5) is 0. The molecule has 0 saturated heterocycles. The minimum Gasteiger partial charge on any atom is -0.211 e. The molecule has 0 aromatic carbocycles. The number of hydrogen-bond donors (Lipinski definition) is 0. The van der Waals surface area contributed by atoms with Crippen LogP contribution in [0.4, 0.5) is 17.6 Å². The van der Waals surface area contributed by atoms with Crippen molar-refractivity contribution in [2.24, 2.45) is 11.8 Å². The lowest BCUT2D eigenvalue weighted by molar-refractivity contribution is -0.168. The van der Waals surface area contributed by atoms with Crippen molar-refractivity contribution in [2.45, 2.75) is 26.4 Å². The van der Waals surface area contributed by atoms with E-state index in [0.717, 1.165) is 6.08 Å². The van der Waals surface area contributed by atoms with E-state index in [4.69, 9.17) is 0 Å². The number of hydrogen-bond acceptors (Lipinski definition) is 0. The normalized spacial score (nSPS) is 23.5. The standard InChI is InChI=1S/C10H12F4/c1-6(2)7-3-4-9(11)8(5-7)10(12,13)14/h3-4,6,8H,5H2,1-2H3. The Morgan fingerprint density at radius 1 is 1.29 bits per heavy atom. The Morgan fingerprint density at radius 3 is 2.29 bits per heavy atom. The molecule has 0 amide bonds. The van der Waals surface area contributed by atoms with Crippen LogP contribution in [0, 0.1) is 11.8 Å². The summed E-state index contributed by atoms with van der Waals surface area (Å²) in [6.07, 6.45) is -2.35. The van der Waals surface area contributed by atoms with E-state index in [9.17, 15) is 17.6 Å². The van der Waals surface area contributed by atoms with Crippen LogP contribution in [-0.4, -0.2) is 6.18 Å². The summed E-state index contributed by atoms with van der Waals surface area (Å²) in [6.45, 7) is 3.60. The Hall–Kier alpha value is -0.800. The van der Waals surface area contributed by atoms with Gasteiger partial charge in [0.2, 0.25) is 0 Å². The molecular weight excluding hydrogens is 196 g/mol. The van der Waals surface area contributed by atoms with Crippen LogP contribution in [0.15, 0.2) is 23.6 Å². The molecule has 0 spiro atoms. The summed E-state index contributed by atoms with van der Waals surface area (Å²) < 4.78 is 49.8. The van der Waals surface area contributed by atoms with E-state index in [0.29, 0.717) is 5.57 Å². The lowest BCUT2D eigenvalue weighted by Gasteiger charge is -2.24. The molecule has 0 heterocycles. The third-order valence-electron chi connectivity index (χ3n) is 2.37. The second kappa shape index (κ2) is 3.75. The molecule has 1 rings (SSSR count). The minimum absolute atomic E-state index is 0.0317. The molecule has 0 radical (unpaired) electrons. The maximum Gasteiger partial charge on any atom is 0.398 e. The van der Waals surface area contributed by atoms with Gasteiger partial charge in [-0.2, -0.15) is 13.2 Å². The van der Waals surface area contributed by atoms with Crippen LogP contribution in [-0.2, 0) is 0 Å². The highest BCUT2D eigenvalue weighted by molar-refractivity contribution is 5.25. The Balaban J connectivity index is 2.87. The molecule has 14 heavy (non-hydrogen) atoms. The van der Waals surface area contributed by atoms with Crippen molar-refractivity contribution in [1.29, 1.82) is 0 Å². The summed E-state index contributed by atoms with van der Waals surface area (Å²) in [5, 5.41) is 0. The maximum atomic E-state index is 12.9. The Morgan fingerprint density at radius 2 is 1.86 bits per heavy atom. The second-order valence-electron chi connectivity index (χ2n) is 3.75. The van der Waals surface area contributed by atoms with Gasteiger partial charge >= 0.3 is 6.18 Å². The second-order valence-corrected chi connectivity index (χ2v) is 3.75. The monoisotopic (exact) mass is 208 g/mol. The van der Waals surface area contributed by atoms with Crippen LogP contribution in [0.3, 0.4) is 0 Å². The van der Waals surface area contributed by atoms with Crippen molar-refractivity contribution in [1.82, 2.24) is 0 Å². The molecule has 80 valence electrons. The van der Waals surface area contributed by atoms with E-state index in [2.05, 4.69) is 0 Å². The van der Waals surface area contributed by atoms with E-state index >= 15 is 0 Å². The molecule has 0 aromatic heterocycles. The van der Waals surface area contributed by atoms with Gasteiger partial charge in [0, 0.05) is 0 Å². The fourth-order valence-corrected chi connectivity index (χ4v) is 1.40. The van der Waals surface area contributed by atoms with Crippen LogP contribution in [0.2, 0.25) is 0 Å². The van der Waals surface area contributed by atoms with Gasteiger partial charge in [0.1, 0.15) is 11.7 Å². The number of halogens is 4. The first-order valence-corrected chi connectivity index (χ1v) is 4.45. The molecule has 1 unspecified atom stereocenters. The van der Waals surface area contributed by atoms with Crippen LogP contribution in [0.1, 0.15) is 20.3 Å². The third kappa shape index (κ3) is 2.36. The highest BCUT2D eigenvalue weighted by Crippen LogP contribution is 2.40. The summed E-state index contributed by atoms with van der Waals surface area (Å²) in [5.41, 5.74) is 0.647. The van der Waals surface area contributed by atoms with Gasteiger partial charge in [0.25, 0.3) is 0 Å². The zero-order chi connectivity index (χ0) is 10.9. The largest absolute Gasteiger partial charge is 0.398 e. The number of rotatable bonds is 1. The molecule has 1 aliphatic rings. The van der Waals surface area contributed by atoms with Crippen LogP contribution >= 0.6 is 0 Å². The quantitative estimate of drug-likeness (QED) is 0.571. The molecule has 0 saturated carbocycles. The predicted molar refractivity (Wildman–Crippen MR) is 46.3 cm³/mol. The average molecular weight is 208 g/mol. The van der Waals surface area contributed by atoms with Crippen molar-refractivity contribution >= 4 is 0 Å². The van der Waals surface area contributed by atoms with E-state index in [1.807, 2.05) is 0 Å². The van der Waals surface area contributed by atoms with Gasteiger partial charge in [0.15, 0.2) is 0 Å². The van der Waals surface area contributed by atoms with E-state index in [-0.39, 0.29) is 12.3 Å². The molecular formula is C10H12F4. The fourth-order valence-electron chi connectivity index (χ4n) is 1.40. The molecule has 0 aromatic rings. The fraction of sp³-hybridized carbons (Fsp3) is 0.600. The SMILES string of the molecule is CC(C)C1=CC=C(F)C(C(F)(F)F)C1. The van der Waals surface area contributed by atoms with Gasteiger partial charge in [-0.3, -0.25) is 0 Å². The van der Waals surface area contributed by atoms with Crippen LogP contribution in [0.25, 0.3) is 0 Å². The third-order valence-corrected chi connectivity index (χ3v) is 2.37. The predicted octanol–water partition coefficient (Wildman–Crippen LogP) is 4.00. The summed E-state index contributed by atoms with van der Waals surface area (Å²) in [7, 11) is 0. The van der Waals surface area contributed by atoms with Gasteiger partial charge in [0.05, 0.1) is 0 Å². The van der Waals surface area contributed by atoms with Gasteiger partial charge < -0.3 is 0 Å². The highest BCUT2D eigenvalue weighted by atomic mass is 19.4. The summed E-state index contributed by atoms with van der Waals surface area (Å²) in [6, 6.07) is 0. The highest BCUT2D eigenvalue weighted by Gasteiger charge is 2.43. The summed E-state index contributed by atoms with van der Waals surface area (Å²) in [5.74, 6) is -2.99. The number of alkyl halides is 3. The molecule has 0 aliphatic heterocycles. The molecule has 4 heteroatoms. The first-order valence-electron chi connectivity index (χ1n) is 4.45. The number of allylic oxidation sites excluding steroid dienone is 4. The Labute approximate surface area is 80.3 Å². The molecule has 1 atom stereocenters. The first kappa shape index (κ1) is 11.3. The van der Waals surface area contributed by atoms with Crippen molar-refractivity contribution in [3.63, 3.8) is 0 Å². The average Bonchev–Trinajstić information content (AvgIpc) is 2.02. The lowest BCUT2D eigenvalue weighted by atomic mass is 9.87. The van der Waals surface area contributed by atoms with Crippen molar-refractivity contribution in [3.8, 4) is 0 Å². The smallest absolute Gasteiger partial charge is 0.211 e. The topological polar surface area (TPSA) is 0 Å². The van der Waals surface area contributed by atoms with Gasteiger partial charge in [-0.15, -0.1) is 0 Å². The van der Waals surface area contributed by atoms with Crippen LogP contribution in [0.5, 0.6) is 0 Å². The van der Waals surface area contributed by atoms with Crippen LogP contribution < -0.4 is 0 Å².